The molecule has 0 spiro atoms. The highest BCUT2D eigenvalue weighted by molar-refractivity contribution is 6.23. The van der Waals surface area contributed by atoms with Crippen molar-refractivity contribution in [3.63, 3.8) is 0 Å². The van der Waals surface area contributed by atoms with Crippen LogP contribution in [0.4, 0.5) is 5.69 Å². The number of fused-ring (bicyclic) bond motifs is 1. The van der Waals surface area contributed by atoms with E-state index in [0.717, 1.165) is 38.8 Å². The smallest absolute Gasteiger partial charge is 0.264 e. The van der Waals surface area contributed by atoms with Gasteiger partial charge in [0.15, 0.2) is 0 Å². The van der Waals surface area contributed by atoms with Crippen molar-refractivity contribution in [2.24, 2.45) is 5.92 Å². The van der Waals surface area contributed by atoms with Crippen molar-refractivity contribution < 1.29 is 19.0 Å². The first kappa shape index (κ1) is 22.0. The quantitative estimate of drug-likeness (QED) is 0.612. The normalized spacial score (nSPS) is 18.3. The lowest BCUT2D eigenvalue weighted by Gasteiger charge is -2.36. The lowest BCUT2D eigenvalue weighted by Crippen LogP contribution is -2.44. The lowest BCUT2D eigenvalue weighted by molar-refractivity contribution is -0.134. The maximum atomic E-state index is 13.3. The van der Waals surface area contributed by atoms with Gasteiger partial charge in [-0.1, -0.05) is 29.7 Å². The van der Waals surface area contributed by atoms with E-state index in [1.165, 1.54) is 4.90 Å². The number of rotatable bonds is 7. The fourth-order valence-corrected chi connectivity index (χ4v) is 4.48. The number of carbonyl (C=O) groups is 3. The third-order valence-electron chi connectivity index (χ3n) is 6.37. The second kappa shape index (κ2) is 9.10. The molecule has 0 saturated carbocycles. The average Bonchev–Trinajstić information content (AvgIpc) is 3.33. The highest BCUT2D eigenvalue weighted by Gasteiger charge is 2.40. The Hall–Kier alpha value is -3.23. The van der Waals surface area contributed by atoms with Gasteiger partial charge in [-0.15, -0.1) is 0 Å². The van der Waals surface area contributed by atoms with Gasteiger partial charge in [-0.2, -0.15) is 0 Å². The summed E-state index contributed by atoms with van der Waals surface area (Å²) in [6.07, 6.45) is 3.72. The van der Waals surface area contributed by atoms with Gasteiger partial charge in [-0.3, -0.25) is 19.3 Å². The summed E-state index contributed by atoms with van der Waals surface area (Å²) in [6, 6.07) is 5.34. The number of hydrogen-bond donors (Lipinski definition) is 0. The molecule has 3 heterocycles. The number of hydrogen-bond acceptors (Lipinski definition) is 7. The van der Waals surface area contributed by atoms with Crippen LogP contribution in [-0.4, -0.2) is 64.5 Å². The number of carbonyl (C=O) groups excluding carboxylic acids is 3. The zero-order chi connectivity index (χ0) is 22.8. The van der Waals surface area contributed by atoms with Crippen LogP contribution in [0.3, 0.4) is 0 Å². The molecule has 4 rings (SSSR count). The second-order valence-corrected chi connectivity index (χ2v) is 8.59. The van der Waals surface area contributed by atoms with E-state index >= 15 is 0 Å². The molecule has 2 aliphatic rings. The van der Waals surface area contributed by atoms with Gasteiger partial charge in [0, 0.05) is 26.7 Å². The molecule has 0 aliphatic carbocycles. The van der Waals surface area contributed by atoms with Crippen LogP contribution in [-0.2, 0) is 11.3 Å². The molecule has 1 aromatic carbocycles. The molecule has 3 amide bonds. The van der Waals surface area contributed by atoms with E-state index in [0.29, 0.717) is 34.7 Å². The van der Waals surface area contributed by atoms with Crippen molar-refractivity contribution in [1.29, 1.82) is 0 Å². The summed E-state index contributed by atoms with van der Waals surface area (Å²) in [6.45, 7) is 5.89. The number of benzene rings is 1. The van der Waals surface area contributed by atoms with Gasteiger partial charge in [-0.05, 0) is 38.3 Å². The largest absolute Gasteiger partial charge is 0.370 e. The summed E-state index contributed by atoms with van der Waals surface area (Å²) < 4.78 is 4.71. The maximum Gasteiger partial charge on any atom is 0.264 e. The van der Waals surface area contributed by atoms with Gasteiger partial charge in [0.2, 0.25) is 5.91 Å². The summed E-state index contributed by atoms with van der Waals surface area (Å²) in [5.41, 5.74) is 2.51. The Morgan fingerprint density at radius 2 is 2.06 bits per heavy atom. The number of aryl methyl sites for hydroxylation is 1. The highest BCUT2D eigenvalue weighted by Crippen LogP contribution is 2.35. The molecule has 0 unspecified atom stereocenters. The van der Waals surface area contributed by atoms with Crippen LogP contribution >= 0.6 is 0 Å². The number of amides is 3. The zero-order valence-corrected chi connectivity index (χ0v) is 18.8. The van der Waals surface area contributed by atoms with Crippen LogP contribution in [0.5, 0.6) is 0 Å². The first-order chi connectivity index (χ1) is 15.4. The first-order valence-electron chi connectivity index (χ1n) is 11.2. The number of anilines is 1. The molecular formula is C23H29N5O4. The van der Waals surface area contributed by atoms with Gasteiger partial charge in [-0.25, -0.2) is 4.63 Å². The number of unbranched alkanes of at least 4 members (excludes halogenated alkanes) is 1. The van der Waals surface area contributed by atoms with E-state index in [-0.39, 0.29) is 30.2 Å². The van der Waals surface area contributed by atoms with Crippen molar-refractivity contribution in [3.8, 4) is 0 Å². The molecular weight excluding hydrogens is 410 g/mol. The second-order valence-electron chi connectivity index (χ2n) is 8.59. The Morgan fingerprint density at radius 1 is 1.25 bits per heavy atom. The van der Waals surface area contributed by atoms with Crippen LogP contribution in [0.1, 0.15) is 64.7 Å². The number of imide groups is 1. The first-order valence-corrected chi connectivity index (χ1v) is 11.2. The van der Waals surface area contributed by atoms with Gasteiger partial charge in [0.05, 0.1) is 29.3 Å². The Balaban J connectivity index is 1.56. The zero-order valence-electron chi connectivity index (χ0n) is 18.8. The number of piperidine rings is 1. The fourth-order valence-electron chi connectivity index (χ4n) is 4.48. The predicted octanol–water partition coefficient (Wildman–Crippen LogP) is 2.65. The van der Waals surface area contributed by atoms with Crippen molar-refractivity contribution >= 4 is 23.4 Å². The maximum absolute atomic E-state index is 13.3. The molecule has 9 nitrogen and oxygen atoms in total. The SMILES string of the molecule is CCCCN(C)C(=O)[C@H]1CCCN(c2cccc3c2C(=O)N(Cc2nonc2C)C3=O)C1. The highest BCUT2D eigenvalue weighted by atomic mass is 16.6. The molecule has 0 radical (unpaired) electrons. The van der Waals surface area contributed by atoms with Crippen LogP contribution < -0.4 is 4.90 Å². The summed E-state index contributed by atoms with van der Waals surface area (Å²) in [5.74, 6) is -0.669. The molecule has 2 aliphatic heterocycles. The third-order valence-corrected chi connectivity index (χ3v) is 6.37. The van der Waals surface area contributed by atoms with Gasteiger partial charge >= 0.3 is 0 Å². The topological polar surface area (TPSA) is 99.9 Å². The summed E-state index contributed by atoms with van der Waals surface area (Å²) in [7, 11) is 1.86. The molecule has 32 heavy (non-hydrogen) atoms. The van der Waals surface area contributed by atoms with E-state index in [1.807, 2.05) is 18.0 Å². The fraction of sp³-hybridized carbons (Fsp3) is 0.522. The summed E-state index contributed by atoms with van der Waals surface area (Å²) >= 11 is 0. The minimum absolute atomic E-state index is 0.0183. The molecule has 0 N–H and O–H groups in total. The number of aromatic nitrogens is 2. The van der Waals surface area contributed by atoms with Crippen LogP contribution in [0, 0.1) is 12.8 Å². The van der Waals surface area contributed by atoms with E-state index in [2.05, 4.69) is 22.1 Å². The minimum Gasteiger partial charge on any atom is -0.370 e. The molecule has 1 fully saturated rings. The molecule has 2 aromatic rings. The molecule has 1 saturated heterocycles. The summed E-state index contributed by atoms with van der Waals surface area (Å²) in [4.78, 5) is 44.3. The van der Waals surface area contributed by atoms with Crippen molar-refractivity contribution in [3.05, 3.63) is 40.7 Å². The van der Waals surface area contributed by atoms with E-state index in [9.17, 15) is 14.4 Å². The van der Waals surface area contributed by atoms with Crippen molar-refractivity contribution in [2.45, 2.75) is 46.1 Å². The minimum atomic E-state index is -0.350. The molecule has 9 heteroatoms. The molecule has 170 valence electrons. The van der Waals surface area contributed by atoms with Crippen LogP contribution in [0.2, 0.25) is 0 Å². The average molecular weight is 440 g/mol. The monoisotopic (exact) mass is 439 g/mol. The van der Waals surface area contributed by atoms with E-state index < -0.39 is 0 Å². The summed E-state index contributed by atoms with van der Waals surface area (Å²) in [5, 5.41) is 7.53. The van der Waals surface area contributed by atoms with Crippen LogP contribution in [0.25, 0.3) is 0 Å². The molecule has 0 bridgehead atoms. The Bertz CT molecular complexity index is 1030. The molecule has 1 atom stereocenters. The van der Waals surface area contributed by atoms with E-state index in [1.54, 1.807) is 19.1 Å². The standard InChI is InChI=1S/C23H29N5O4/c1-4-5-11-26(3)21(29)16-8-7-12-27(13-16)19-10-6-9-17-20(19)23(31)28(22(17)30)14-18-15(2)24-32-25-18/h6,9-10,16H,4-5,7-8,11-14H2,1-3H3/t16-/m0/s1. The van der Waals surface area contributed by atoms with E-state index in [4.69, 9.17) is 4.63 Å². The van der Waals surface area contributed by atoms with Gasteiger partial charge < -0.3 is 9.80 Å². The van der Waals surface area contributed by atoms with Crippen molar-refractivity contribution in [2.75, 3.05) is 31.6 Å². The van der Waals surface area contributed by atoms with Crippen molar-refractivity contribution in [1.82, 2.24) is 20.1 Å². The van der Waals surface area contributed by atoms with Gasteiger partial charge in [0.25, 0.3) is 11.8 Å². The third kappa shape index (κ3) is 3.99. The Labute approximate surface area is 187 Å². The number of nitrogens with zero attached hydrogens (tertiary/aromatic N) is 5. The Morgan fingerprint density at radius 3 is 2.78 bits per heavy atom. The molecule has 1 aromatic heterocycles. The lowest BCUT2D eigenvalue weighted by atomic mass is 9.95. The van der Waals surface area contributed by atoms with Crippen LogP contribution in [0.15, 0.2) is 22.8 Å². The predicted molar refractivity (Wildman–Crippen MR) is 117 cm³/mol. The Kier molecular flexibility index (Phi) is 6.25. The van der Waals surface area contributed by atoms with Gasteiger partial charge in [0.1, 0.15) is 11.4 Å².